The molecule has 1 atom stereocenters. The van der Waals surface area contributed by atoms with E-state index in [4.69, 9.17) is 23.2 Å². The molecule has 6 heteroatoms. The minimum Gasteiger partial charge on any atom is -0.352 e. The Labute approximate surface area is 188 Å². The molecule has 4 nitrogen and oxygen atoms in total. The molecule has 2 amide bonds. The molecule has 0 bridgehead atoms. The lowest BCUT2D eigenvalue weighted by molar-refractivity contribution is -0.141. The van der Waals surface area contributed by atoms with Gasteiger partial charge in [0.05, 0.1) is 6.42 Å². The van der Waals surface area contributed by atoms with Crippen LogP contribution in [-0.2, 0) is 22.6 Å². The number of halogens is 2. The van der Waals surface area contributed by atoms with Crippen LogP contribution in [0.5, 0.6) is 0 Å². The second-order valence-electron chi connectivity index (χ2n) is 7.87. The molecule has 3 rings (SSSR count). The molecule has 1 N–H and O–H groups in total. The maximum absolute atomic E-state index is 13.3. The Morgan fingerprint density at radius 1 is 0.967 bits per heavy atom. The highest BCUT2D eigenvalue weighted by atomic mass is 35.5. The van der Waals surface area contributed by atoms with E-state index in [1.165, 1.54) is 0 Å². The maximum Gasteiger partial charge on any atom is 0.243 e. The number of nitrogens with one attached hydrogen (secondary N) is 1. The Hall–Kier alpha value is -2.04. The minimum atomic E-state index is -0.513. The van der Waals surface area contributed by atoms with Gasteiger partial charge in [-0.15, -0.1) is 0 Å². The van der Waals surface area contributed by atoms with Gasteiger partial charge in [0.2, 0.25) is 11.8 Å². The van der Waals surface area contributed by atoms with Gasteiger partial charge in [-0.2, -0.15) is 0 Å². The Kier molecular flexibility index (Phi) is 8.17. The highest BCUT2D eigenvalue weighted by molar-refractivity contribution is 6.30. The van der Waals surface area contributed by atoms with Crippen molar-refractivity contribution < 1.29 is 9.59 Å². The van der Waals surface area contributed by atoms with Gasteiger partial charge in [-0.25, -0.2) is 0 Å². The number of amides is 2. The summed E-state index contributed by atoms with van der Waals surface area (Å²) >= 11 is 12.0. The van der Waals surface area contributed by atoms with Gasteiger partial charge in [0.15, 0.2) is 0 Å². The quantitative estimate of drug-likeness (QED) is 0.589. The number of carbonyl (C=O) groups is 2. The number of hydrogen-bond donors (Lipinski definition) is 1. The van der Waals surface area contributed by atoms with E-state index >= 15 is 0 Å². The molecule has 30 heavy (non-hydrogen) atoms. The highest BCUT2D eigenvalue weighted by Gasteiger charge is 2.30. The minimum absolute atomic E-state index is 0.0668. The van der Waals surface area contributed by atoms with Crippen LogP contribution in [0.2, 0.25) is 10.0 Å². The molecule has 0 radical (unpaired) electrons. The lowest BCUT2D eigenvalue weighted by Crippen LogP contribution is -2.51. The summed E-state index contributed by atoms with van der Waals surface area (Å²) in [5, 5.41) is 4.43. The first-order chi connectivity index (χ1) is 14.5. The third-order valence-corrected chi connectivity index (χ3v) is 6.13. The van der Waals surface area contributed by atoms with Crippen molar-refractivity contribution in [3.8, 4) is 0 Å². The molecule has 1 aliphatic carbocycles. The summed E-state index contributed by atoms with van der Waals surface area (Å²) in [4.78, 5) is 28.1. The first-order valence-electron chi connectivity index (χ1n) is 10.5. The fourth-order valence-electron chi connectivity index (χ4n) is 3.95. The molecule has 1 aliphatic rings. The molecule has 0 heterocycles. The van der Waals surface area contributed by atoms with Crippen LogP contribution in [0.1, 0.15) is 50.2 Å². The lowest BCUT2D eigenvalue weighted by atomic mass is 10.1. The first-order valence-corrected chi connectivity index (χ1v) is 11.3. The van der Waals surface area contributed by atoms with Crippen LogP contribution < -0.4 is 5.32 Å². The fraction of sp³-hybridized carbons (Fsp3) is 0.417. The van der Waals surface area contributed by atoms with Crippen LogP contribution in [0.3, 0.4) is 0 Å². The molecule has 2 aromatic rings. The number of hydrogen-bond acceptors (Lipinski definition) is 2. The van der Waals surface area contributed by atoms with Crippen LogP contribution in [-0.4, -0.2) is 28.8 Å². The van der Waals surface area contributed by atoms with Gasteiger partial charge in [0.1, 0.15) is 6.04 Å². The monoisotopic (exact) mass is 446 g/mol. The van der Waals surface area contributed by atoms with Crippen LogP contribution in [0.25, 0.3) is 0 Å². The summed E-state index contributed by atoms with van der Waals surface area (Å²) in [5.41, 5.74) is 1.81. The van der Waals surface area contributed by atoms with Crippen LogP contribution in [0, 0.1) is 0 Å². The van der Waals surface area contributed by atoms with E-state index in [-0.39, 0.29) is 24.3 Å². The van der Waals surface area contributed by atoms with Crippen LogP contribution in [0.15, 0.2) is 48.5 Å². The maximum atomic E-state index is 13.3. The van der Waals surface area contributed by atoms with Crippen molar-refractivity contribution >= 4 is 35.0 Å². The number of rotatable bonds is 8. The van der Waals surface area contributed by atoms with E-state index in [9.17, 15) is 9.59 Å². The predicted octanol–water partition coefficient (Wildman–Crippen LogP) is 5.40. The number of nitrogens with zero attached hydrogens (tertiary/aromatic N) is 1. The normalized spacial score (nSPS) is 15.0. The van der Waals surface area contributed by atoms with Gasteiger partial charge >= 0.3 is 0 Å². The topological polar surface area (TPSA) is 49.4 Å². The summed E-state index contributed by atoms with van der Waals surface area (Å²) in [7, 11) is 0. The smallest absolute Gasteiger partial charge is 0.243 e. The van der Waals surface area contributed by atoms with Gasteiger partial charge in [0, 0.05) is 22.6 Å². The molecule has 0 aromatic heterocycles. The van der Waals surface area contributed by atoms with Gasteiger partial charge < -0.3 is 10.2 Å². The largest absolute Gasteiger partial charge is 0.352 e. The van der Waals surface area contributed by atoms with Crippen molar-refractivity contribution in [2.75, 3.05) is 0 Å². The van der Waals surface area contributed by atoms with Crippen molar-refractivity contribution in [1.82, 2.24) is 10.2 Å². The average Bonchev–Trinajstić information content (AvgIpc) is 3.24. The second-order valence-corrected chi connectivity index (χ2v) is 8.74. The highest BCUT2D eigenvalue weighted by Crippen LogP contribution is 2.20. The summed E-state index contributed by atoms with van der Waals surface area (Å²) in [6.07, 6.45) is 5.09. The molecule has 160 valence electrons. The van der Waals surface area contributed by atoms with Gasteiger partial charge in [-0.05, 0) is 54.7 Å². The summed E-state index contributed by atoms with van der Waals surface area (Å²) < 4.78 is 0. The Morgan fingerprint density at radius 3 is 2.03 bits per heavy atom. The van der Waals surface area contributed by atoms with Crippen molar-refractivity contribution in [2.24, 2.45) is 0 Å². The van der Waals surface area contributed by atoms with Crippen molar-refractivity contribution in [1.29, 1.82) is 0 Å². The molecular weight excluding hydrogens is 419 g/mol. The molecule has 1 fully saturated rings. The third-order valence-electron chi connectivity index (χ3n) is 5.62. The SMILES string of the molecule is CC[C@H](C(=O)NC1CCCC1)N(Cc1ccc(Cl)cc1)C(=O)Cc1ccc(Cl)cc1. The predicted molar refractivity (Wildman–Crippen MR) is 122 cm³/mol. The molecular formula is C24H28Cl2N2O2. The third kappa shape index (κ3) is 6.23. The first kappa shape index (κ1) is 22.6. The molecule has 0 saturated heterocycles. The summed E-state index contributed by atoms with van der Waals surface area (Å²) in [6, 6.07) is 14.3. The molecule has 0 spiro atoms. The van der Waals surface area contributed by atoms with Gasteiger partial charge in [-0.3, -0.25) is 9.59 Å². The van der Waals surface area contributed by atoms with Crippen LogP contribution in [0.4, 0.5) is 0 Å². The van der Waals surface area contributed by atoms with Gasteiger partial charge in [0.25, 0.3) is 0 Å². The fourth-order valence-corrected chi connectivity index (χ4v) is 4.20. The lowest BCUT2D eigenvalue weighted by Gasteiger charge is -2.31. The zero-order valence-electron chi connectivity index (χ0n) is 17.2. The second kappa shape index (κ2) is 10.8. The molecule has 0 aliphatic heterocycles. The number of carbonyl (C=O) groups excluding carboxylic acids is 2. The zero-order valence-corrected chi connectivity index (χ0v) is 18.8. The average molecular weight is 447 g/mol. The van der Waals surface area contributed by atoms with Crippen molar-refractivity contribution in [3.05, 3.63) is 69.7 Å². The van der Waals surface area contributed by atoms with E-state index in [0.29, 0.717) is 23.0 Å². The van der Waals surface area contributed by atoms with E-state index in [1.54, 1.807) is 29.2 Å². The van der Waals surface area contributed by atoms with Crippen molar-refractivity contribution in [3.63, 3.8) is 0 Å². The standard InChI is InChI=1S/C24H28Cl2N2O2/c1-2-22(24(30)27-21-5-3-4-6-21)28(16-18-9-13-20(26)14-10-18)23(29)15-17-7-11-19(25)12-8-17/h7-14,21-22H,2-6,15-16H2,1H3,(H,27,30)/t22-/m1/s1. The summed E-state index contributed by atoms with van der Waals surface area (Å²) in [5.74, 6) is -0.150. The summed E-state index contributed by atoms with van der Waals surface area (Å²) in [6.45, 7) is 2.31. The van der Waals surface area contributed by atoms with Gasteiger partial charge in [-0.1, -0.05) is 67.2 Å². The number of benzene rings is 2. The van der Waals surface area contributed by atoms with Crippen LogP contribution >= 0.6 is 23.2 Å². The van der Waals surface area contributed by atoms with E-state index in [1.807, 2.05) is 31.2 Å². The Morgan fingerprint density at radius 2 is 1.50 bits per heavy atom. The van der Waals surface area contributed by atoms with E-state index in [0.717, 1.165) is 36.8 Å². The molecule has 2 aromatic carbocycles. The van der Waals surface area contributed by atoms with E-state index < -0.39 is 6.04 Å². The molecule has 1 saturated carbocycles. The van der Waals surface area contributed by atoms with E-state index in [2.05, 4.69) is 5.32 Å². The zero-order chi connectivity index (χ0) is 21.5. The molecule has 0 unspecified atom stereocenters. The Bertz CT molecular complexity index is 847. The van der Waals surface area contributed by atoms with Crippen molar-refractivity contribution in [2.45, 2.75) is 64.1 Å². The Balaban J connectivity index is 1.80.